The highest BCUT2D eigenvalue weighted by Crippen LogP contribution is 2.18. The zero-order valence-corrected chi connectivity index (χ0v) is 18.7. The molecule has 1 fully saturated rings. The lowest BCUT2D eigenvalue weighted by Gasteiger charge is -2.26. The summed E-state index contributed by atoms with van der Waals surface area (Å²) in [5.41, 5.74) is 11.3. The lowest BCUT2D eigenvalue weighted by Crippen LogP contribution is -2.55. The number of carbonyl (C=O) groups is 4. The van der Waals surface area contributed by atoms with E-state index >= 15 is 0 Å². The first-order valence-electron chi connectivity index (χ1n) is 10.9. The van der Waals surface area contributed by atoms with Crippen LogP contribution in [0.25, 0.3) is 0 Å². The Hall–Kier alpha value is -3.63. The van der Waals surface area contributed by atoms with E-state index < -0.39 is 35.9 Å². The van der Waals surface area contributed by atoms with E-state index in [1.165, 1.54) is 11.8 Å². The number of nitrogens with zero attached hydrogens (tertiary/aromatic N) is 2. The quantitative estimate of drug-likeness (QED) is 0.165. The minimum Gasteiger partial charge on any atom is -0.480 e. The highest BCUT2D eigenvalue weighted by molar-refractivity contribution is 5.93. The summed E-state index contributed by atoms with van der Waals surface area (Å²) in [4.78, 5) is 54.7. The molecule has 7 N–H and O–H groups in total. The van der Waals surface area contributed by atoms with Crippen molar-refractivity contribution in [3.8, 4) is 0 Å². The van der Waals surface area contributed by atoms with Gasteiger partial charge in [0.15, 0.2) is 5.96 Å². The molecule has 1 saturated heterocycles. The van der Waals surface area contributed by atoms with Gasteiger partial charge in [-0.3, -0.25) is 19.4 Å². The topological polar surface area (TPSA) is 180 Å². The maximum atomic E-state index is 13.0. The van der Waals surface area contributed by atoms with E-state index in [1.807, 2.05) is 30.3 Å². The van der Waals surface area contributed by atoms with Gasteiger partial charge < -0.3 is 32.1 Å². The fourth-order valence-corrected chi connectivity index (χ4v) is 3.78. The van der Waals surface area contributed by atoms with Gasteiger partial charge in [0.25, 0.3) is 0 Å². The highest BCUT2D eigenvalue weighted by atomic mass is 16.4. The summed E-state index contributed by atoms with van der Waals surface area (Å²) in [5.74, 6) is -2.55. The van der Waals surface area contributed by atoms with Gasteiger partial charge in [-0.25, -0.2) is 4.79 Å². The van der Waals surface area contributed by atoms with Crippen molar-refractivity contribution in [2.24, 2.45) is 16.5 Å². The van der Waals surface area contributed by atoms with Crippen LogP contribution < -0.4 is 22.1 Å². The predicted octanol–water partition coefficient (Wildman–Crippen LogP) is -0.652. The first kappa shape index (κ1) is 25.6. The number of carboxylic acids is 1. The fourth-order valence-electron chi connectivity index (χ4n) is 3.78. The molecule has 0 saturated carbocycles. The average Bonchev–Trinajstić information content (AvgIpc) is 3.26. The predicted molar refractivity (Wildman–Crippen MR) is 122 cm³/mol. The van der Waals surface area contributed by atoms with Crippen LogP contribution in [0.4, 0.5) is 0 Å². The molecule has 2 rings (SSSR count). The van der Waals surface area contributed by atoms with Crippen LogP contribution in [0, 0.1) is 0 Å². The third kappa shape index (κ3) is 8.09. The summed E-state index contributed by atoms with van der Waals surface area (Å²) < 4.78 is 0. The minimum absolute atomic E-state index is 0.0944. The Kier molecular flexibility index (Phi) is 9.64. The molecule has 180 valence electrons. The first-order valence-corrected chi connectivity index (χ1v) is 10.9. The van der Waals surface area contributed by atoms with Crippen LogP contribution in [0.2, 0.25) is 0 Å². The van der Waals surface area contributed by atoms with E-state index in [0.717, 1.165) is 5.56 Å². The Balaban J connectivity index is 2.11. The van der Waals surface area contributed by atoms with Crippen LogP contribution in [-0.4, -0.2) is 70.9 Å². The zero-order valence-electron chi connectivity index (χ0n) is 18.7. The molecule has 0 radical (unpaired) electrons. The van der Waals surface area contributed by atoms with Crippen molar-refractivity contribution in [1.29, 1.82) is 0 Å². The monoisotopic (exact) mass is 460 g/mol. The van der Waals surface area contributed by atoms with Gasteiger partial charge >= 0.3 is 5.97 Å². The maximum absolute atomic E-state index is 13.0. The highest BCUT2D eigenvalue weighted by Gasteiger charge is 2.35. The van der Waals surface area contributed by atoms with Crippen molar-refractivity contribution in [3.05, 3.63) is 35.9 Å². The summed E-state index contributed by atoms with van der Waals surface area (Å²) in [6.07, 6.45) is 1.84. The second kappa shape index (κ2) is 12.4. The van der Waals surface area contributed by atoms with Crippen LogP contribution in [0.5, 0.6) is 0 Å². The SMILES string of the molecule is CC(=O)N1CCC[C@H]1C(=O)N[C@@H](Cc1ccccc1)C(=O)N[C@@H](CCCN=C(N)N)C(=O)O. The third-order valence-electron chi connectivity index (χ3n) is 5.44. The number of aliphatic carboxylic acids is 1. The molecule has 0 aromatic heterocycles. The summed E-state index contributed by atoms with van der Waals surface area (Å²) in [5, 5.41) is 14.8. The molecule has 0 unspecified atom stereocenters. The van der Waals surface area contributed by atoms with Gasteiger partial charge in [0.1, 0.15) is 18.1 Å². The van der Waals surface area contributed by atoms with Crippen LogP contribution in [0.15, 0.2) is 35.3 Å². The van der Waals surface area contributed by atoms with E-state index in [9.17, 15) is 24.3 Å². The van der Waals surface area contributed by atoms with Crippen molar-refractivity contribution in [2.45, 2.75) is 57.2 Å². The number of carboxylic acid groups (broad SMARTS) is 1. The number of hydrogen-bond donors (Lipinski definition) is 5. The number of guanidine groups is 1. The second-order valence-electron chi connectivity index (χ2n) is 7.97. The number of nitrogens with one attached hydrogen (secondary N) is 2. The molecule has 1 aliphatic heterocycles. The Morgan fingerprint density at radius 3 is 2.45 bits per heavy atom. The molecular formula is C22H32N6O5. The van der Waals surface area contributed by atoms with Gasteiger partial charge in [0, 0.05) is 26.4 Å². The molecule has 3 atom stereocenters. The largest absolute Gasteiger partial charge is 0.480 e. The van der Waals surface area contributed by atoms with E-state index in [0.29, 0.717) is 25.8 Å². The Labute approximate surface area is 192 Å². The van der Waals surface area contributed by atoms with Gasteiger partial charge in [0.05, 0.1) is 0 Å². The Morgan fingerprint density at radius 2 is 1.85 bits per heavy atom. The minimum atomic E-state index is -1.20. The number of aliphatic imine (C=N–C) groups is 1. The van der Waals surface area contributed by atoms with Crippen LogP contribution >= 0.6 is 0 Å². The molecule has 1 aliphatic rings. The molecule has 11 nitrogen and oxygen atoms in total. The van der Waals surface area contributed by atoms with Crippen LogP contribution in [0.1, 0.15) is 38.2 Å². The van der Waals surface area contributed by atoms with Crippen molar-refractivity contribution >= 4 is 29.7 Å². The first-order chi connectivity index (χ1) is 15.7. The third-order valence-corrected chi connectivity index (χ3v) is 5.44. The molecule has 1 aromatic carbocycles. The molecule has 1 heterocycles. The molecular weight excluding hydrogens is 428 g/mol. The van der Waals surface area contributed by atoms with Gasteiger partial charge in [-0.2, -0.15) is 0 Å². The molecule has 1 aromatic rings. The molecule has 11 heteroatoms. The lowest BCUT2D eigenvalue weighted by molar-refractivity contribution is -0.143. The lowest BCUT2D eigenvalue weighted by atomic mass is 10.0. The normalized spacial score (nSPS) is 17.0. The number of rotatable bonds is 11. The van der Waals surface area contributed by atoms with Gasteiger partial charge in [0.2, 0.25) is 17.7 Å². The van der Waals surface area contributed by atoms with Crippen molar-refractivity contribution in [2.75, 3.05) is 13.1 Å². The Bertz CT molecular complexity index is 871. The molecule has 0 spiro atoms. The van der Waals surface area contributed by atoms with Crippen LogP contribution in [0.3, 0.4) is 0 Å². The number of likely N-dealkylation sites (tertiary alicyclic amines) is 1. The number of benzene rings is 1. The van der Waals surface area contributed by atoms with Gasteiger partial charge in [-0.05, 0) is 31.2 Å². The van der Waals surface area contributed by atoms with Crippen LogP contribution in [-0.2, 0) is 25.6 Å². The van der Waals surface area contributed by atoms with E-state index in [2.05, 4.69) is 15.6 Å². The number of amides is 3. The van der Waals surface area contributed by atoms with E-state index in [1.54, 1.807) is 0 Å². The van der Waals surface area contributed by atoms with Gasteiger partial charge in [-0.15, -0.1) is 0 Å². The smallest absolute Gasteiger partial charge is 0.326 e. The summed E-state index contributed by atoms with van der Waals surface area (Å²) in [6, 6.07) is 6.26. The number of carbonyl (C=O) groups excluding carboxylic acids is 3. The molecule has 33 heavy (non-hydrogen) atoms. The van der Waals surface area contributed by atoms with E-state index in [-0.39, 0.29) is 31.3 Å². The number of hydrogen-bond acceptors (Lipinski definition) is 5. The maximum Gasteiger partial charge on any atom is 0.326 e. The Morgan fingerprint density at radius 1 is 1.15 bits per heavy atom. The van der Waals surface area contributed by atoms with E-state index in [4.69, 9.17) is 11.5 Å². The fraction of sp³-hybridized carbons (Fsp3) is 0.500. The molecule has 0 bridgehead atoms. The summed E-state index contributed by atoms with van der Waals surface area (Å²) in [6.45, 7) is 2.12. The molecule has 3 amide bonds. The second-order valence-corrected chi connectivity index (χ2v) is 7.97. The number of nitrogens with two attached hydrogens (primary N) is 2. The van der Waals surface area contributed by atoms with Gasteiger partial charge in [-0.1, -0.05) is 30.3 Å². The summed E-state index contributed by atoms with van der Waals surface area (Å²) >= 11 is 0. The van der Waals surface area contributed by atoms with Crippen molar-refractivity contribution in [3.63, 3.8) is 0 Å². The summed E-state index contributed by atoms with van der Waals surface area (Å²) in [7, 11) is 0. The zero-order chi connectivity index (χ0) is 24.4. The standard InChI is InChI=1S/C22H32N6O5/c1-14(29)28-12-6-10-18(28)20(31)27-17(13-15-7-3-2-4-8-15)19(30)26-16(21(32)33)9-5-11-25-22(23)24/h2-4,7-8,16-18H,5-6,9-13H2,1H3,(H,26,30)(H,27,31)(H,32,33)(H4,23,24,25)/t16-,17-,18-/m0/s1. The van der Waals surface area contributed by atoms with Crippen molar-refractivity contribution in [1.82, 2.24) is 15.5 Å². The molecule has 0 aliphatic carbocycles. The van der Waals surface area contributed by atoms with Crippen molar-refractivity contribution < 1.29 is 24.3 Å². The average molecular weight is 461 g/mol.